The van der Waals surface area contributed by atoms with E-state index >= 15 is 0 Å². The van der Waals surface area contributed by atoms with Crippen molar-refractivity contribution < 1.29 is 9.90 Å². The van der Waals surface area contributed by atoms with E-state index in [4.69, 9.17) is 0 Å². The molecule has 7 nitrogen and oxygen atoms in total. The SMILES string of the molecule is CC(C)CCn1c(=O)c(NC(=O)Nc2c(C(C)C)cccc2C(C)C)c(-c2cccc(O)c2)c2cccnc21. The third-order valence-corrected chi connectivity index (χ3v) is 6.94. The Balaban J connectivity index is 1.89. The van der Waals surface area contributed by atoms with E-state index in [0.717, 1.165) is 23.2 Å². The summed E-state index contributed by atoms with van der Waals surface area (Å²) in [6.45, 7) is 13.0. The number of para-hydroxylation sites is 1. The molecule has 0 radical (unpaired) electrons. The number of amides is 2. The van der Waals surface area contributed by atoms with Crippen molar-refractivity contribution in [1.82, 2.24) is 9.55 Å². The Hall–Kier alpha value is -4.13. The fraction of sp³-hybridized carbons (Fsp3) is 0.344. The summed E-state index contributed by atoms with van der Waals surface area (Å²) < 4.78 is 1.64. The molecule has 0 saturated carbocycles. The second kappa shape index (κ2) is 11.7. The number of fused-ring (bicyclic) bond motifs is 1. The molecule has 0 aliphatic carbocycles. The number of anilines is 2. The average molecular weight is 527 g/mol. The number of hydrogen-bond donors (Lipinski definition) is 3. The first kappa shape index (κ1) is 27.9. The summed E-state index contributed by atoms with van der Waals surface area (Å²) in [6, 6.07) is 15.9. The molecular formula is C32H38N4O3. The van der Waals surface area contributed by atoms with Crippen LogP contribution in [0.5, 0.6) is 5.75 Å². The number of pyridine rings is 2. The van der Waals surface area contributed by atoms with Crippen molar-refractivity contribution in [1.29, 1.82) is 0 Å². The summed E-state index contributed by atoms with van der Waals surface area (Å²) in [5.41, 5.74) is 4.31. The number of aromatic nitrogens is 2. The van der Waals surface area contributed by atoms with Crippen LogP contribution in [0.4, 0.5) is 16.2 Å². The molecule has 2 heterocycles. The Morgan fingerprint density at radius 1 is 0.897 bits per heavy atom. The van der Waals surface area contributed by atoms with Crippen LogP contribution in [-0.4, -0.2) is 20.7 Å². The fourth-order valence-corrected chi connectivity index (χ4v) is 4.91. The number of carbonyl (C=O) groups excluding carboxylic acids is 1. The summed E-state index contributed by atoms with van der Waals surface area (Å²) in [5, 5.41) is 16.9. The molecule has 4 aromatic rings. The highest BCUT2D eigenvalue weighted by Crippen LogP contribution is 2.36. The zero-order valence-corrected chi connectivity index (χ0v) is 23.6. The molecule has 2 amide bonds. The van der Waals surface area contributed by atoms with Crippen molar-refractivity contribution in [3.8, 4) is 16.9 Å². The number of benzene rings is 2. The first-order valence-corrected chi connectivity index (χ1v) is 13.6. The molecule has 4 rings (SSSR count). The number of nitrogens with zero attached hydrogens (tertiary/aromatic N) is 2. The summed E-state index contributed by atoms with van der Waals surface area (Å²) in [6.07, 6.45) is 2.44. The normalized spacial score (nSPS) is 11.5. The smallest absolute Gasteiger partial charge is 0.323 e. The molecule has 204 valence electrons. The van der Waals surface area contributed by atoms with Crippen LogP contribution in [0.1, 0.15) is 70.9 Å². The van der Waals surface area contributed by atoms with E-state index in [-0.39, 0.29) is 28.8 Å². The molecular weight excluding hydrogens is 488 g/mol. The number of hydrogen-bond acceptors (Lipinski definition) is 4. The summed E-state index contributed by atoms with van der Waals surface area (Å²) in [7, 11) is 0. The zero-order valence-electron chi connectivity index (χ0n) is 23.6. The van der Waals surface area contributed by atoms with Crippen LogP contribution in [0, 0.1) is 5.92 Å². The van der Waals surface area contributed by atoms with Crippen LogP contribution in [-0.2, 0) is 6.54 Å². The molecule has 0 unspecified atom stereocenters. The van der Waals surface area contributed by atoms with Crippen molar-refractivity contribution in [3.05, 3.63) is 82.3 Å². The average Bonchev–Trinajstić information content (AvgIpc) is 2.88. The van der Waals surface area contributed by atoms with Gasteiger partial charge in [-0.15, -0.1) is 0 Å². The van der Waals surface area contributed by atoms with Gasteiger partial charge in [-0.25, -0.2) is 9.78 Å². The predicted octanol–water partition coefficient (Wildman–Crippen LogP) is 7.71. The van der Waals surface area contributed by atoms with Crippen LogP contribution in [0.3, 0.4) is 0 Å². The van der Waals surface area contributed by atoms with E-state index in [0.29, 0.717) is 34.6 Å². The van der Waals surface area contributed by atoms with Gasteiger partial charge in [-0.1, -0.05) is 71.9 Å². The fourth-order valence-electron chi connectivity index (χ4n) is 4.91. The number of phenolic OH excluding ortho intramolecular Hbond substituents is 1. The minimum atomic E-state index is -0.498. The Morgan fingerprint density at radius 2 is 1.54 bits per heavy atom. The van der Waals surface area contributed by atoms with E-state index < -0.39 is 6.03 Å². The summed E-state index contributed by atoms with van der Waals surface area (Å²) in [4.78, 5) is 32.2. The Bertz CT molecular complexity index is 1530. The van der Waals surface area contributed by atoms with Crippen LogP contribution >= 0.6 is 0 Å². The Kier molecular flexibility index (Phi) is 8.38. The molecule has 0 atom stereocenters. The van der Waals surface area contributed by atoms with Crippen LogP contribution < -0.4 is 16.2 Å². The Morgan fingerprint density at radius 3 is 2.15 bits per heavy atom. The van der Waals surface area contributed by atoms with Gasteiger partial charge in [-0.05, 0) is 65.1 Å². The van der Waals surface area contributed by atoms with Gasteiger partial charge in [-0.2, -0.15) is 0 Å². The van der Waals surface area contributed by atoms with Gasteiger partial charge in [-0.3, -0.25) is 9.36 Å². The van der Waals surface area contributed by atoms with E-state index in [1.807, 2.05) is 36.4 Å². The maximum Gasteiger partial charge on any atom is 0.323 e. The molecule has 0 bridgehead atoms. The van der Waals surface area contributed by atoms with Crippen molar-refractivity contribution in [3.63, 3.8) is 0 Å². The van der Waals surface area contributed by atoms with Gasteiger partial charge in [0.05, 0.1) is 0 Å². The Labute approximate surface area is 229 Å². The number of nitrogens with one attached hydrogen (secondary N) is 2. The second-order valence-corrected chi connectivity index (χ2v) is 11.0. The lowest BCUT2D eigenvalue weighted by Crippen LogP contribution is -2.30. The van der Waals surface area contributed by atoms with Crippen LogP contribution in [0.15, 0.2) is 65.6 Å². The van der Waals surface area contributed by atoms with Crippen molar-refractivity contribution in [2.45, 2.75) is 66.3 Å². The summed E-state index contributed by atoms with van der Waals surface area (Å²) in [5.74, 6) is 0.836. The molecule has 3 N–H and O–H groups in total. The van der Waals surface area contributed by atoms with Gasteiger partial charge >= 0.3 is 6.03 Å². The molecule has 2 aromatic heterocycles. The third kappa shape index (κ3) is 5.98. The van der Waals surface area contributed by atoms with Crippen molar-refractivity contribution in [2.24, 2.45) is 5.92 Å². The van der Waals surface area contributed by atoms with Crippen molar-refractivity contribution in [2.75, 3.05) is 10.6 Å². The van der Waals surface area contributed by atoms with E-state index in [1.165, 1.54) is 0 Å². The highest BCUT2D eigenvalue weighted by molar-refractivity contribution is 6.07. The van der Waals surface area contributed by atoms with E-state index in [9.17, 15) is 14.7 Å². The third-order valence-electron chi connectivity index (χ3n) is 6.94. The molecule has 7 heteroatoms. The quantitative estimate of drug-likeness (QED) is 0.219. The molecule has 0 fully saturated rings. The zero-order chi connectivity index (χ0) is 28.3. The summed E-state index contributed by atoms with van der Waals surface area (Å²) >= 11 is 0. The predicted molar refractivity (Wildman–Crippen MR) is 160 cm³/mol. The molecule has 2 aromatic carbocycles. The standard InChI is InChI=1S/C32H38N4O3/c1-19(2)15-17-36-30-26(14-9-16-33-30)27(22-10-7-11-23(37)18-22)29(31(36)38)35-32(39)34-28-24(20(3)4)12-8-13-25(28)21(5)6/h7-14,16,18-21,37H,15,17H2,1-6H3,(H2,34,35,39). The number of rotatable bonds is 8. The maximum atomic E-state index is 14.0. The number of carbonyl (C=O) groups is 1. The highest BCUT2D eigenvalue weighted by Gasteiger charge is 2.23. The number of urea groups is 1. The first-order valence-electron chi connectivity index (χ1n) is 13.6. The number of phenols is 1. The van der Waals surface area contributed by atoms with Gasteiger partial charge in [0.1, 0.15) is 17.1 Å². The van der Waals surface area contributed by atoms with Gasteiger partial charge < -0.3 is 15.7 Å². The lowest BCUT2D eigenvalue weighted by Gasteiger charge is -2.22. The maximum absolute atomic E-state index is 14.0. The number of aromatic hydroxyl groups is 1. The van der Waals surface area contributed by atoms with Crippen LogP contribution in [0.2, 0.25) is 0 Å². The second-order valence-electron chi connectivity index (χ2n) is 11.0. The molecule has 0 aliphatic rings. The van der Waals surface area contributed by atoms with Gasteiger partial charge in [0.25, 0.3) is 5.56 Å². The largest absolute Gasteiger partial charge is 0.508 e. The molecule has 0 aliphatic heterocycles. The van der Waals surface area contributed by atoms with Gasteiger partial charge in [0.15, 0.2) is 0 Å². The first-order chi connectivity index (χ1) is 18.6. The number of aryl methyl sites for hydroxylation is 1. The lowest BCUT2D eigenvalue weighted by molar-refractivity contribution is 0.262. The molecule has 0 saturated heterocycles. The minimum Gasteiger partial charge on any atom is -0.508 e. The van der Waals surface area contributed by atoms with Crippen molar-refractivity contribution >= 4 is 28.4 Å². The van der Waals surface area contributed by atoms with Gasteiger partial charge in [0.2, 0.25) is 0 Å². The monoisotopic (exact) mass is 526 g/mol. The van der Waals surface area contributed by atoms with Gasteiger partial charge in [0, 0.05) is 29.4 Å². The van der Waals surface area contributed by atoms with Crippen LogP contribution in [0.25, 0.3) is 22.2 Å². The minimum absolute atomic E-state index is 0.0661. The van der Waals surface area contributed by atoms with E-state index in [1.54, 1.807) is 29.0 Å². The lowest BCUT2D eigenvalue weighted by atomic mass is 9.93. The molecule has 0 spiro atoms. The molecule has 39 heavy (non-hydrogen) atoms. The highest BCUT2D eigenvalue weighted by atomic mass is 16.3. The topological polar surface area (TPSA) is 96.2 Å². The van der Waals surface area contributed by atoms with E-state index in [2.05, 4.69) is 57.2 Å².